The van der Waals surface area contributed by atoms with Crippen molar-refractivity contribution in [2.75, 3.05) is 20.8 Å². The molecule has 2 aromatic carbocycles. The number of ether oxygens (including phenoxy) is 2. The summed E-state index contributed by atoms with van der Waals surface area (Å²) in [7, 11) is 3.34. The molecule has 0 spiro atoms. The van der Waals surface area contributed by atoms with Gasteiger partial charge in [-0.3, -0.25) is 9.69 Å². The van der Waals surface area contributed by atoms with Gasteiger partial charge in [0.2, 0.25) is 5.91 Å². The van der Waals surface area contributed by atoms with E-state index >= 15 is 0 Å². The molecule has 1 aliphatic heterocycles. The quantitative estimate of drug-likeness (QED) is 0.669. The molecule has 31 heavy (non-hydrogen) atoms. The maximum atomic E-state index is 12.6. The van der Waals surface area contributed by atoms with E-state index in [9.17, 15) is 4.79 Å². The summed E-state index contributed by atoms with van der Waals surface area (Å²) in [5, 5.41) is 3.26. The zero-order valence-corrected chi connectivity index (χ0v) is 19.7. The molecule has 0 saturated carbocycles. The van der Waals surface area contributed by atoms with Crippen LogP contribution in [0.1, 0.15) is 55.5 Å². The van der Waals surface area contributed by atoms with E-state index in [-0.39, 0.29) is 18.0 Å². The molecule has 0 bridgehead atoms. The molecule has 0 fully saturated rings. The summed E-state index contributed by atoms with van der Waals surface area (Å²) in [6, 6.07) is 12.9. The van der Waals surface area contributed by atoms with Gasteiger partial charge in [0.15, 0.2) is 11.5 Å². The number of nitrogens with zero attached hydrogens (tertiary/aromatic N) is 1. The lowest BCUT2D eigenvalue weighted by Gasteiger charge is -2.41. The molecule has 2 aromatic rings. The molecule has 1 amide bonds. The van der Waals surface area contributed by atoms with Gasteiger partial charge in [0.1, 0.15) is 0 Å². The smallest absolute Gasteiger partial charge is 0.220 e. The van der Waals surface area contributed by atoms with Crippen LogP contribution in [0.2, 0.25) is 0 Å². The Hall–Kier alpha value is -2.53. The molecule has 5 heteroatoms. The van der Waals surface area contributed by atoms with Crippen LogP contribution in [-0.2, 0) is 17.8 Å². The number of hydrogen-bond donors (Lipinski definition) is 1. The van der Waals surface area contributed by atoms with Gasteiger partial charge in [-0.05, 0) is 55.0 Å². The van der Waals surface area contributed by atoms with Gasteiger partial charge in [-0.1, -0.05) is 43.7 Å². The Morgan fingerprint density at radius 1 is 1.13 bits per heavy atom. The standard InChI is InChI=1S/C26H36N2O3/c1-17(2)12-25(29)27-19(4)26-22-15-24(31-6)23(30-5)14-21(22)10-11-28(26)16-20-9-7-8-18(3)13-20/h7-9,13-15,17,19,26H,10-12,16H2,1-6H3,(H,27,29)/t19-,26-/m1/s1. The molecule has 1 heterocycles. The molecule has 168 valence electrons. The van der Waals surface area contributed by atoms with Crippen LogP contribution in [0.5, 0.6) is 11.5 Å². The normalized spacial score (nSPS) is 17.2. The molecular formula is C26H36N2O3. The average Bonchev–Trinajstić information content (AvgIpc) is 2.71. The number of benzene rings is 2. The molecule has 5 nitrogen and oxygen atoms in total. The molecule has 0 unspecified atom stereocenters. The third kappa shape index (κ3) is 5.59. The molecule has 1 aliphatic rings. The lowest BCUT2D eigenvalue weighted by Crippen LogP contribution is -2.47. The minimum atomic E-state index is -0.0341. The Kier molecular flexibility index (Phi) is 7.60. The molecular weight excluding hydrogens is 388 g/mol. The summed E-state index contributed by atoms with van der Waals surface area (Å²) in [5.74, 6) is 1.91. The third-order valence-electron chi connectivity index (χ3n) is 5.95. The van der Waals surface area contributed by atoms with Gasteiger partial charge in [-0.2, -0.15) is 0 Å². The van der Waals surface area contributed by atoms with Crippen molar-refractivity contribution in [2.24, 2.45) is 5.92 Å². The highest BCUT2D eigenvalue weighted by molar-refractivity contribution is 5.76. The monoisotopic (exact) mass is 424 g/mol. The molecule has 2 atom stereocenters. The number of carbonyl (C=O) groups excluding carboxylic acids is 1. The van der Waals surface area contributed by atoms with E-state index < -0.39 is 0 Å². The minimum absolute atomic E-state index is 0.0341. The summed E-state index contributed by atoms with van der Waals surface area (Å²) in [6.45, 7) is 10.1. The van der Waals surface area contributed by atoms with Gasteiger partial charge >= 0.3 is 0 Å². The Morgan fingerprint density at radius 3 is 2.48 bits per heavy atom. The fraction of sp³-hybridized carbons (Fsp3) is 0.500. The van der Waals surface area contributed by atoms with Crippen molar-refractivity contribution in [1.82, 2.24) is 10.2 Å². The van der Waals surface area contributed by atoms with Crippen molar-refractivity contribution >= 4 is 5.91 Å². The van der Waals surface area contributed by atoms with E-state index in [1.165, 1.54) is 22.3 Å². The van der Waals surface area contributed by atoms with Crippen LogP contribution in [0, 0.1) is 12.8 Å². The van der Waals surface area contributed by atoms with Crippen LogP contribution in [-0.4, -0.2) is 37.6 Å². The van der Waals surface area contributed by atoms with Gasteiger partial charge in [0.25, 0.3) is 0 Å². The van der Waals surface area contributed by atoms with E-state index in [1.807, 2.05) is 0 Å². The average molecular weight is 425 g/mol. The fourth-order valence-electron chi connectivity index (χ4n) is 4.60. The number of fused-ring (bicyclic) bond motifs is 1. The molecule has 0 aliphatic carbocycles. The Balaban J connectivity index is 1.96. The van der Waals surface area contributed by atoms with Gasteiger partial charge in [0.05, 0.1) is 20.3 Å². The molecule has 1 N–H and O–H groups in total. The van der Waals surface area contributed by atoms with Crippen molar-refractivity contribution < 1.29 is 14.3 Å². The van der Waals surface area contributed by atoms with Gasteiger partial charge < -0.3 is 14.8 Å². The maximum absolute atomic E-state index is 12.6. The predicted octanol–water partition coefficient (Wildman–Crippen LogP) is 4.66. The minimum Gasteiger partial charge on any atom is -0.493 e. The maximum Gasteiger partial charge on any atom is 0.220 e. The number of aryl methyl sites for hydroxylation is 1. The fourth-order valence-corrected chi connectivity index (χ4v) is 4.60. The topological polar surface area (TPSA) is 50.8 Å². The zero-order valence-electron chi connectivity index (χ0n) is 19.7. The second-order valence-corrected chi connectivity index (χ2v) is 9.01. The van der Waals surface area contributed by atoms with E-state index in [2.05, 4.69) is 74.3 Å². The number of hydrogen-bond acceptors (Lipinski definition) is 4. The number of nitrogens with one attached hydrogen (secondary N) is 1. The number of methoxy groups -OCH3 is 2. The van der Waals surface area contributed by atoms with Crippen LogP contribution in [0.4, 0.5) is 0 Å². The SMILES string of the molecule is COc1cc2c(cc1OC)[C@@H]([C@@H](C)NC(=O)CC(C)C)N(Cc1cccc(C)c1)CC2. The first-order chi connectivity index (χ1) is 14.8. The molecule has 0 radical (unpaired) electrons. The Labute approximate surface area is 186 Å². The Morgan fingerprint density at radius 2 is 1.84 bits per heavy atom. The van der Waals surface area contributed by atoms with Crippen molar-refractivity contribution in [3.05, 3.63) is 58.7 Å². The highest BCUT2D eigenvalue weighted by atomic mass is 16.5. The molecule has 3 rings (SSSR count). The summed E-state index contributed by atoms with van der Waals surface area (Å²) < 4.78 is 11.1. The summed E-state index contributed by atoms with van der Waals surface area (Å²) in [4.78, 5) is 15.1. The van der Waals surface area contributed by atoms with Crippen LogP contribution < -0.4 is 14.8 Å². The first-order valence-electron chi connectivity index (χ1n) is 11.2. The first kappa shape index (κ1) is 23.1. The zero-order chi connectivity index (χ0) is 22.5. The summed E-state index contributed by atoms with van der Waals surface area (Å²) in [6.07, 6.45) is 1.47. The van der Waals surface area contributed by atoms with Gasteiger partial charge in [0, 0.05) is 25.6 Å². The highest BCUT2D eigenvalue weighted by Crippen LogP contribution is 2.40. The molecule has 0 saturated heterocycles. The van der Waals surface area contributed by atoms with Gasteiger partial charge in [-0.25, -0.2) is 0 Å². The van der Waals surface area contributed by atoms with Crippen LogP contribution >= 0.6 is 0 Å². The highest BCUT2D eigenvalue weighted by Gasteiger charge is 2.33. The third-order valence-corrected chi connectivity index (χ3v) is 5.95. The second kappa shape index (κ2) is 10.2. The first-order valence-corrected chi connectivity index (χ1v) is 11.2. The van der Waals surface area contributed by atoms with E-state index in [0.717, 1.165) is 31.0 Å². The van der Waals surface area contributed by atoms with Gasteiger partial charge in [-0.15, -0.1) is 0 Å². The number of carbonyl (C=O) groups is 1. The van der Waals surface area contributed by atoms with E-state index in [4.69, 9.17) is 9.47 Å². The summed E-state index contributed by atoms with van der Waals surface area (Å²) >= 11 is 0. The lowest BCUT2D eigenvalue weighted by atomic mass is 9.87. The molecule has 0 aromatic heterocycles. The van der Waals surface area contributed by atoms with Crippen LogP contribution in [0.25, 0.3) is 0 Å². The largest absolute Gasteiger partial charge is 0.493 e. The Bertz CT molecular complexity index is 910. The van der Waals surface area contributed by atoms with Crippen molar-refractivity contribution in [3.63, 3.8) is 0 Å². The summed E-state index contributed by atoms with van der Waals surface area (Å²) in [5.41, 5.74) is 5.01. The van der Waals surface area contributed by atoms with E-state index in [0.29, 0.717) is 12.3 Å². The second-order valence-electron chi connectivity index (χ2n) is 9.01. The van der Waals surface area contributed by atoms with Crippen molar-refractivity contribution in [2.45, 2.75) is 59.2 Å². The number of amides is 1. The number of rotatable bonds is 8. The lowest BCUT2D eigenvalue weighted by molar-refractivity contribution is -0.122. The van der Waals surface area contributed by atoms with Crippen LogP contribution in [0.15, 0.2) is 36.4 Å². The predicted molar refractivity (Wildman–Crippen MR) is 125 cm³/mol. The van der Waals surface area contributed by atoms with Crippen molar-refractivity contribution in [1.29, 1.82) is 0 Å². The van der Waals surface area contributed by atoms with Crippen molar-refractivity contribution in [3.8, 4) is 11.5 Å². The van der Waals surface area contributed by atoms with E-state index in [1.54, 1.807) is 14.2 Å². The van der Waals surface area contributed by atoms with Crippen LogP contribution in [0.3, 0.4) is 0 Å².